The third kappa shape index (κ3) is 2.23. The van der Waals surface area contributed by atoms with Crippen molar-refractivity contribution in [2.24, 2.45) is 5.73 Å². The van der Waals surface area contributed by atoms with Crippen LogP contribution in [0.2, 0.25) is 0 Å². The molecule has 0 amide bonds. The topological polar surface area (TPSA) is 51.4 Å². The summed E-state index contributed by atoms with van der Waals surface area (Å²) in [6.45, 7) is 4.19. The number of nitrogens with two attached hydrogens (primary N) is 1. The lowest BCUT2D eigenvalue weighted by atomic mass is 10.1. The largest absolute Gasteiger partial charge is 0.491 e. The maximum atomic E-state index is 5.92. The Bertz CT molecular complexity index is 612. The third-order valence-electron chi connectivity index (χ3n) is 3.67. The normalized spacial score (nSPS) is 14.4. The number of ether oxygens (including phenoxy) is 1. The number of benzene rings is 1. The fraction of sp³-hybridized carbons (Fsp3) is 0.312. The van der Waals surface area contributed by atoms with Crippen LogP contribution in [0.4, 0.5) is 11.5 Å². The average molecular weight is 269 g/mol. The van der Waals surface area contributed by atoms with Crippen LogP contribution in [0.15, 0.2) is 36.5 Å². The van der Waals surface area contributed by atoms with Gasteiger partial charge in [0.05, 0.1) is 12.3 Å². The van der Waals surface area contributed by atoms with E-state index in [2.05, 4.69) is 22.9 Å². The van der Waals surface area contributed by atoms with Gasteiger partial charge in [0.1, 0.15) is 11.6 Å². The first kappa shape index (κ1) is 12.9. The lowest BCUT2D eigenvalue weighted by Gasteiger charge is -2.25. The van der Waals surface area contributed by atoms with Crippen molar-refractivity contribution in [3.05, 3.63) is 47.7 Å². The lowest BCUT2D eigenvalue weighted by Crippen LogP contribution is -2.21. The predicted octanol–water partition coefficient (Wildman–Crippen LogP) is 2.77. The molecule has 0 bridgehead atoms. The first-order chi connectivity index (χ1) is 9.81. The first-order valence-corrected chi connectivity index (χ1v) is 6.95. The maximum Gasteiger partial charge on any atom is 0.142 e. The Hall–Kier alpha value is -2.07. The molecule has 2 N–H and O–H groups in total. The molecule has 0 radical (unpaired) electrons. The number of hydrogen-bond acceptors (Lipinski definition) is 4. The van der Waals surface area contributed by atoms with Crippen LogP contribution >= 0.6 is 0 Å². The van der Waals surface area contributed by atoms with Crippen molar-refractivity contribution in [3.63, 3.8) is 0 Å². The molecule has 104 valence electrons. The van der Waals surface area contributed by atoms with Crippen molar-refractivity contribution in [2.45, 2.75) is 19.9 Å². The number of hydrogen-bond donors (Lipinski definition) is 1. The molecule has 1 aliphatic rings. The van der Waals surface area contributed by atoms with Gasteiger partial charge in [0.15, 0.2) is 0 Å². The van der Waals surface area contributed by atoms with Crippen molar-refractivity contribution in [2.75, 3.05) is 18.1 Å². The second kappa shape index (κ2) is 5.51. The van der Waals surface area contributed by atoms with E-state index in [1.165, 1.54) is 5.56 Å². The van der Waals surface area contributed by atoms with E-state index in [4.69, 9.17) is 10.5 Å². The molecule has 0 saturated heterocycles. The van der Waals surface area contributed by atoms with Crippen LogP contribution in [-0.4, -0.2) is 18.1 Å². The second-order valence-electron chi connectivity index (χ2n) is 4.96. The van der Waals surface area contributed by atoms with Crippen molar-refractivity contribution in [3.8, 4) is 5.75 Å². The number of aromatic nitrogens is 1. The Morgan fingerprint density at radius 1 is 1.30 bits per heavy atom. The van der Waals surface area contributed by atoms with Gasteiger partial charge in [0.2, 0.25) is 0 Å². The molecule has 0 aliphatic carbocycles. The standard InChI is InChI=1S/C16H19N3O/c1-12-7-8-18-16(13(12)11-17)19-9-4-10-20-15-6-3-2-5-14(15)19/h2-3,5-8H,4,9-11,17H2,1H3. The maximum absolute atomic E-state index is 5.92. The van der Waals surface area contributed by atoms with E-state index < -0.39 is 0 Å². The van der Waals surface area contributed by atoms with Gasteiger partial charge >= 0.3 is 0 Å². The van der Waals surface area contributed by atoms with Crippen LogP contribution < -0.4 is 15.4 Å². The molecular weight excluding hydrogens is 250 g/mol. The molecule has 1 aromatic heterocycles. The highest BCUT2D eigenvalue weighted by atomic mass is 16.5. The van der Waals surface area contributed by atoms with E-state index in [0.29, 0.717) is 6.54 Å². The second-order valence-corrected chi connectivity index (χ2v) is 4.96. The monoisotopic (exact) mass is 269 g/mol. The Kier molecular flexibility index (Phi) is 3.56. The van der Waals surface area contributed by atoms with Crippen LogP contribution in [0, 0.1) is 6.92 Å². The van der Waals surface area contributed by atoms with E-state index in [1.807, 2.05) is 30.5 Å². The molecule has 2 heterocycles. The van der Waals surface area contributed by atoms with Gasteiger partial charge in [0.25, 0.3) is 0 Å². The van der Waals surface area contributed by atoms with E-state index in [9.17, 15) is 0 Å². The highest BCUT2D eigenvalue weighted by Gasteiger charge is 2.21. The zero-order valence-electron chi connectivity index (χ0n) is 11.7. The molecule has 1 aromatic carbocycles. The highest BCUT2D eigenvalue weighted by Crippen LogP contribution is 2.36. The van der Waals surface area contributed by atoms with E-state index in [0.717, 1.165) is 42.4 Å². The minimum absolute atomic E-state index is 0.495. The summed E-state index contributed by atoms with van der Waals surface area (Å²) in [6, 6.07) is 10.1. The molecule has 0 unspecified atom stereocenters. The minimum Gasteiger partial charge on any atom is -0.491 e. The summed E-state index contributed by atoms with van der Waals surface area (Å²) in [4.78, 5) is 6.78. The summed E-state index contributed by atoms with van der Waals surface area (Å²) in [6.07, 6.45) is 2.81. The molecule has 4 heteroatoms. The summed E-state index contributed by atoms with van der Waals surface area (Å²) in [5.74, 6) is 1.86. The van der Waals surface area contributed by atoms with Crippen molar-refractivity contribution < 1.29 is 4.74 Å². The van der Waals surface area contributed by atoms with Gasteiger partial charge in [-0.2, -0.15) is 0 Å². The Morgan fingerprint density at radius 2 is 2.15 bits per heavy atom. The van der Waals surface area contributed by atoms with Gasteiger partial charge in [0, 0.05) is 24.8 Å². The number of anilines is 2. The average Bonchev–Trinajstić information content (AvgIpc) is 2.69. The molecule has 3 rings (SSSR count). The molecule has 0 spiro atoms. The van der Waals surface area contributed by atoms with Gasteiger partial charge in [-0.25, -0.2) is 4.98 Å². The Labute approximate surface area is 119 Å². The van der Waals surface area contributed by atoms with Crippen molar-refractivity contribution >= 4 is 11.5 Å². The lowest BCUT2D eigenvalue weighted by molar-refractivity contribution is 0.322. The van der Waals surface area contributed by atoms with E-state index in [1.54, 1.807) is 0 Å². The van der Waals surface area contributed by atoms with Crippen LogP contribution in [0.25, 0.3) is 0 Å². The van der Waals surface area contributed by atoms with E-state index >= 15 is 0 Å². The van der Waals surface area contributed by atoms with Gasteiger partial charge < -0.3 is 15.4 Å². The van der Waals surface area contributed by atoms with Gasteiger partial charge in [-0.3, -0.25) is 0 Å². The number of para-hydroxylation sites is 2. The quantitative estimate of drug-likeness (QED) is 0.910. The number of aryl methyl sites for hydroxylation is 1. The van der Waals surface area contributed by atoms with Gasteiger partial charge in [-0.05, 0) is 37.1 Å². The Morgan fingerprint density at radius 3 is 3.00 bits per heavy atom. The number of rotatable bonds is 2. The van der Waals surface area contributed by atoms with E-state index in [-0.39, 0.29) is 0 Å². The molecule has 0 fully saturated rings. The number of fused-ring (bicyclic) bond motifs is 1. The fourth-order valence-corrected chi connectivity index (χ4v) is 2.61. The smallest absolute Gasteiger partial charge is 0.142 e. The van der Waals surface area contributed by atoms with Crippen LogP contribution in [0.1, 0.15) is 17.5 Å². The zero-order valence-corrected chi connectivity index (χ0v) is 11.7. The summed E-state index contributed by atoms with van der Waals surface area (Å²) >= 11 is 0. The SMILES string of the molecule is Cc1ccnc(N2CCCOc3ccccc32)c1CN. The zero-order chi connectivity index (χ0) is 13.9. The fourth-order valence-electron chi connectivity index (χ4n) is 2.61. The molecule has 1 aliphatic heterocycles. The third-order valence-corrected chi connectivity index (χ3v) is 3.67. The summed E-state index contributed by atoms with van der Waals surface area (Å²) in [5.41, 5.74) is 9.27. The molecular formula is C16H19N3O. The van der Waals surface area contributed by atoms with Crippen molar-refractivity contribution in [1.82, 2.24) is 4.98 Å². The molecule has 4 nitrogen and oxygen atoms in total. The molecule has 2 aromatic rings. The summed E-state index contributed by atoms with van der Waals surface area (Å²) < 4.78 is 5.80. The Balaban J connectivity index is 2.12. The molecule has 20 heavy (non-hydrogen) atoms. The van der Waals surface area contributed by atoms with Gasteiger partial charge in [-0.1, -0.05) is 12.1 Å². The number of pyridine rings is 1. The van der Waals surface area contributed by atoms with Crippen LogP contribution in [0.3, 0.4) is 0 Å². The molecule has 0 atom stereocenters. The summed E-state index contributed by atoms with van der Waals surface area (Å²) in [7, 11) is 0. The van der Waals surface area contributed by atoms with Crippen LogP contribution in [-0.2, 0) is 6.54 Å². The van der Waals surface area contributed by atoms with Crippen LogP contribution in [0.5, 0.6) is 5.75 Å². The molecule has 0 saturated carbocycles. The highest BCUT2D eigenvalue weighted by molar-refractivity contribution is 5.70. The predicted molar refractivity (Wildman–Crippen MR) is 80.4 cm³/mol. The summed E-state index contributed by atoms with van der Waals surface area (Å²) in [5, 5.41) is 0. The minimum atomic E-state index is 0.495. The first-order valence-electron chi connectivity index (χ1n) is 6.95. The van der Waals surface area contributed by atoms with Gasteiger partial charge in [-0.15, -0.1) is 0 Å². The van der Waals surface area contributed by atoms with Crippen molar-refractivity contribution in [1.29, 1.82) is 0 Å². The number of nitrogens with zero attached hydrogens (tertiary/aromatic N) is 2.